The average Bonchev–Trinajstić information content (AvgIpc) is 2.87. The summed E-state index contributed by atoms with van der Waals surface area (Å²) < 4.78 is 0. The Balaban J connectivity index is 1.70. The van der Waals surface area contributed by atoms with Gasteiger partial charge in [-0.2, -0.15) is 0 Å². The van der Waals surface area contributed by atoms with Gasteiger partial charge in [-0.25, -0.2) is 0 Å². The Labute approximate surface area is 81.5 Å². The summed E-state index contributed by atoms with van der Waals surface area (Å²) in [6, 6.07) is 0. The molecular weight excluding hydrogens is 160 g/mol. The molecular formula is C12H22O. The summed E-state index contributed by atoms with van der Waals surface area (Å²) in [5.41, 5.74) is 1.15. The molecule has 1 nitrogen and oxygen atoms in total. The second-order valence-electron chi connectivity index (χ2n) is 6.17. The first kappa shape index (κ1) is 9.51. The molecule has 0 amide bonds. The smallest absolute Gasteiger partial charge is 0.0464 e. The Bertz CT molecular complexity index is 209. The SMILES string of the molecule is CC1(C)C[C@@H]1CC[C@@]1(C)C[C@@H]1CO. The van der Waals surface area contributed by atoms with Crippen LogP contribution in [0.3, 0.4) is 0 Å². The van der Waals surface area contributed by atoms with Gasteiger partial charge in [0.25, 0.3) is 0 Å². The molecule has 0 bridgehead atoms. The largest absolute Gasteiger partial charge is 0.396 e. The standard InChI is InChI=1S/C12H22O/c1-11(2)6-9(11)4-5-12(3)7-10(12)8-13/h9-10,13H,4-8H2,1-3H3/t9-,10+,12-/m0/s1. The summed E-state index contributed by atoms with van der Waals surface area (Å²) in [5.74, 6) is 1.60. The zero-order chi connectivity index (χ0) is 9.69. The predicted octanol–water partition coefficient (Wildman–Crippen LogP) is 2.83. The summed E-state index contributed by atoms with van der Waals surface area (Å²) in [7, 11) is 0. The van der Waals surface area contributed by atoms with Gasteiger partial charge in [0.05, 0.1) is 0 Å². The Kier molecular flexibility index (Phi) is 1.99. The van der Waals surface area contributed by atoms with Gasteiger partial charge in [0, 0.05) is 6.61 Å². The third-order valence-electron chi connectivity index (χ3n) is 4.54. The summed E-state index contributed by atoms with van der Waals surface area (Å²) in [6.45, 7) is 7.49. The van der Waals surface area contributed by atoms with E-state index in [1.807, 2.05) is 0 Å². The molecule has 3 atom stereocenters. The lowest BCUT2D eigenvalue weighted by Crippen LogP contribution is -2.02. The molecule has 13 heavy (non-hydrogen) atoms. The number of aliphatic hydroxyl groups is 1. The lowest BCUT2D eigenvalue weighted by molar-refractivity contribution is 0.246. The van der Waals surface area contributed by atoms with Crippen molar-refractivity contribution in [2.75, 3.05) is 6.61 Å². The molecule has 1 heteroatoms. The van der Waals surface area contributed by atoms with Crippen molar-refractivity contribution in [3.63, 3.8) is 0 Å². The number of rotatable bonds is 4. The van der Waals surface area contributed by atoms with Gasteiger partial charge in [-0.3, -0.25) is 0 Å². The fourth-order valence-electron chi connectivity index (χ4n) is 2.67. The zero-order valence-electron chi connectivity index (χ0n) is 9.14. The third kappa shape index (κ3) is 1.76. The van der Waals surface area contributed by atoms with Crippen LogP contribution in [0.1, 0.15) is 46.5 Å². The van der Waals surface area contributed by atoms with E-state index in [9.17, 15) is 0 Å². The van der Waals surface area contributed by atoms with Gasteiger partial charge in [-0.1, -0.05) is 20.8 Å². The van der Waals surface area contributed by atoms with Crippen LogP contribution in [0.4, 0.5) is 0 Å². The predicted molar refractivity (Wildman–Crippen MR) is 54.4 cm³/mol. The topological polar surface area (TPSA) is 20.2 Å². The minimum atomic E-state index is 0.407. The Morgan fingerprint density at radius 1 is 1.15 bits per heavy atom. The summed E-state index contributed by atoms with van der Waals surface area (Å²) in [4.78, 5) is 0. The van der Waals surface area contributed by atoms with E-state index < -0.39 is 0 Å². The van der Waals surface area contributed by atoms with Crippen LogP contribution in [0.15, 0.2) is 0 Å². The highest BCUT2D eigenvalue weighted by Crippen LogP contribution is 2.60. The highest BCUT2D eigenvalue weighted by atomic mass is 16.3. The van der Waals surface area contributed by atoms with Crippen LogP contribution >= 0.6 is 0 Å². The maximum Gasteiger partial charge on any atom is 0.0464 e. The first-order chi connectivity index (χ1) is 5.98. The molecule has 0 unspecified atom stereocenters. The van der Waals surface area contributed by atoms with Gasteiger partial charge in [-0.05, 0) is 48.3 Å². The van der Waals surface area contributed by atoms with Crippen LogP contribution < -0.4 is 0 Å². The average molecular weight is 182 g/mol. The molecule has 0 aromatic rings. The lowest BCUT2D eigenvalue weighted by Gasteiger charge is -2.10. The lowest BCUT2D eigenvalue weighted by atomic mass is 9.96. The summed E-state index contributed by atoms with van der Waals surface area (Å²) >= 11 is 0. The molecule has 0 aromatic carbocycles. The molecule has 0 radical (unpaired) electrons. The van der Waals surface area contributed by atoms with Crippen LogP contribution in [0.25, 0.3) is 0 Å². The van der Waals surface area contributed by atoms with Crippen molar-refractivity contribution in [3.8, 4) is 0 Å². The fraction of sp³-hybridized carbons (Fsp3) is 1.00. The van der Waals surface area contributed by atoms with Crippen LogP contribution in [0.5, 0.6) is 0 Å². The summed E-state index contributed by atoms with van der Waals surface area (Å²) in [6.07, 6.45) is 5.41. The van der Waals surface area contributed by atoms with E-state index >= 15 is 0 Å². The van der Waals surface area contributed by atoms with Gasteiger partial charge in [0.15, 0.2) is 0 Å². The zero-order valence-corrected chi connectivity index (χ0v) is 9.14. The molecule has 2 saturated carbocycles. The first-order valence-corrected chi connectivity index (χ1v) is 5.59. The Morgan fingerprint density at radius 3 is 2.15 bits per heavy atom. The van der Waals surface area contributed by atoms with Crippen LogP contribution in [-0.2, 0) is 0 Å². The molecule has 0 aliphatic heterocycles. The van der Waals surface area contributed by atoms with E-state index in [4.69, 9.17) is 5.11 Å². The van der Waals surface area contributed by atoms with Crippen molar-refractivity contribution in [3.05, 3.63) is 0 Å². The molecule has 76 valence electrons. The number of hydrogen-bond donors (Lipinski definition) is 1. The van der Waals surface area contributed by atoms with Gasteiger partial charge >= 0.3 is 0 Å². The number of aliphatic hydroxyl groups excluding tert-OH is 1. The first-order valence-electron chi connectivity index (χ1n) is 5.59. The molecule has 1 N–H and O–H groups in total. The second kappa shape index (κ2) is 2.73. The highest BCUT2D eigenvalue weighted by Gasteiger charge is 2.51. The van der Waals surface area contributed by atoms with Gasteiger partial charge in [-0.15, -0.1) is 0 Å². The highest BCUT2D eigenvalue weighted by molar-refractivity contribution is 5.01. The molecule has 0 spiro atoms. The van der Waals surface area contributed by atoms with E-state index in [0.717, 1.165) is 5.92 Å². The maximum atomic E-state index is 9.03. The van der Waals surface area contributed by atoms with Crippen molar-refractivity contribution in [1.82, 2.24) is 0 Å². The normalized spacial score (nSPS) is 46.2. The molecule has 2 fully saturated rings. The second-order valence-corrected chi connectivity index (χ2v) is 6.17. The Morgan fingerprint density at radius 2 is 1.77 bits per heavy atom. The monoisotopic (exact) mass is 182 g/mol. The molecule has 0 aromatic heterocycles. The third-order valence-corrected chi connectivity index (χ3v) is 4.54. The van der Waals surface area contributed by atoms with E-state index in [2.05, 4.69) is 20.8 Å². The van der Waals surface area contributed by atoms with Crippen molar-refractivity contribution >= 4 is 0 Å². The van der Waals surface area contributed by atoms with E-state index in [-0.39, 0.29) is 0 Å². The molecule has 2 aliphatic carbocycles. The fourth-order valence-corrected chi connectivity index (χ4v) is 2.67. The van der Waals surface area contributed by atoms with Crippen LogP contribution in [0, 0.1) is 22.7 Å². The van der Waals surface area contributed by atoms with E-state index in [1.165, 1.54) is 25.7 Å². The van der Waals surface area contributed by atoms with Gasteiger partial charge < -0.3 is 5.11 Å². The minimum Gasteiger partial charge on any atom is -0.396 e. The summed E-state index contributed by atoms with van der Waals surface area (Å²) in [5, 5.41) is 9.03. The van der Waals surface area contributed by atoms with E-state index in [0.29, 0.717) is 23.4 Å². The van der Waals surface area contributed by atoms with E-state index in [1.54, 1.807) is 0 Å². The molecule has 0 heterocycles. The number of hydrogen-bond acceptors (Lipinski definition) is 1. The molecule has 2 rings (SSSR count). The van der Waals surface area contributed by atoms with Gasteiger partial charge in [0.1, 0.15) is 0 Å². The van der Waals surface area contributed by atoms with Crippen molar-refractivity contribution < 1.29 is 5.11 Å². The maximum absolute atomic E-state index is 9.03. The van der Waals surface area contributed by atoms with Crippen molar-refractivity contribution in [2.45, 2.75) is 46.5 Å². The van der Waals surface area contributed by atoms with Crippen molar-refractivity contribution in [1.29, 1.82) is 0 Å². The van der Waals surface area contributed by atoms with Crippen molar-refractivity contribution in [2.24, 2.45) is 22.7 Å². The van der Waals surface area contributed by atoms with Crippen LogP contribution in [0.2, 0.25) is 0 Å². The molecule has 0 saturated heterocycles. The molecule has 2 aliphatic rings. The van der Waals surface area contributed by atoms with Crippen LogP contribution in [-0.4, -0.2) is 11.7 Å². The quantitative estimate of drug-likeness (QED) is 0.709. The minimum absolute atomic E-state index is 0.407. The Hall–Kier alpha value is -0.0400. The van der Waals surface area contributed by atoms with Gasteiger partial charge in [0.2, 0.25) is 0 Å².